The number of aromatic nitrogens is 8. The van der Waals surface area contributed by atoms with E-state index in [4.69, 9.17) is 0 Å². The molecule has 0 aliphatic carbocycles. The molecule has 4 N–H and O–H groups in total. The Kier molecular flexibility index (Phi) is 29.1. The molecule has 168 valence electrons. The van der Waals surface area contributed by atoms with Crippen molar-refractivity contribution < 1.29 is 68.3 Å². The van der Waals surface area contributed by atoms with Gasteiger partial charge in [-0.15, -0.1) is 0 Å². The molecular formula is C12H12Cu4N8S4. The number of aromatic amines is 4. The predicted molar refractivity (Wildman–Crippen MR) is 96.9 cm³/mol. The van der Waals surface area contributed by atoms with Gasteiger partial charge in [0, 0.05) is 49.6 Å². The van der Waals surface area contributed by atoms with Gasteiger partial charge in [-0.25, -0.2) is 0 Å². The molecule has 4 rings (SSSR count). The van der Waals surface area contributed by atoms with Gasteiger partial charge in [-0.05, 0) is 20.6 Å². The van der Waals surface area contributed by atoms with Gasteiger partial charge in [0.05, 0.1) is 0 Å². The maximum atomic E-state index is 4.58. The van der Waals surface area contributed by atoms with Crippen LogP contribution in [0, 0.1) is 0 Å². The SMILES string of the molecule is [Cu+].[Cu+].[Cu+].[Cu+].[S-]c1ncc[nH]1.[S-]c1ncc[nH]1.[S-]c1ncc[nH]1.[S-]c1ncc[nH]1. The maximum absolute atomic E-state index is 4.58. The topological polar surface area (TPSA) is 115 Å². The molecule has 0 fully saturated rings. The first-order valence-electron chi connectivity index (χ1n) is 6.23. The minimum atomic E-state index is 0. The summed E-state index contributed by atoms with van der Waals surface area (Å²) in [7, 11) is 0. The van der Waals surface area contributed by atoms with Crippen molar-refractivity contribution in [2.75, 3.05) is 0 Å². The van der Waals surface area contributed by atoms with Crippen molar-refractivity contribution in [3.8, 4) is 0 Å². The van der Waals surface area contributed by atoms with Gasteiger partial charge in [0.15, 0.2) is 0 Å². The van der Waals surface area contributed by atoms with Crippen LogP contribution in [0.2, 0.25) is 0 Å². The fraction of sp³-hybridized carbons (Fsp3) is 0. The first kappa shape index (κ1) is 35.2. The van der Waals surface area contributed by atoms with Crippen molar-refractivity contribution in [1.82, 2.24) is 39.9 Å². The summed E-state index contributed by atoms with van der Waals surface area (Å²) in [5.41, 5.74) is 0. The molecule has 0 saturated carbocycles. The summed E-state index contributed by atoms with van der Waals surface area (Å²) in [4.78, 5) is 25.5. The third-order valence-electron chi connectivity index (χ3n) is 1.89. The summed E-state index contributed by atoms with van der Waals surface area (Å²) in [5.74, 6) is 0. The molecular weight excluding hydrogens is 639 g/mol. The Morgan fingerprint density at radius 3 is 0.643 bits per heavy atom. The van der Waals surface area contributed by atoms with Crippen LogP contribution in [0.4, 0.5) is 0 Å². The molecule has 28 heavy (non-hydrogen) atoms. The summed E-state index contributed by atoms with van der Waals surface area (Å²) < 4.78 is 0. The van der Waals surface area contributed by atoms with Crippen LogP contribution < -0.4 is 0 Å². The second-order valence-electron chi connectivity index (χ2n) is 3.58. The van der Waals surface area contributed by atoms with E-state index >= 15 is 0 Å². The summed E-state index contributed by atoms with van der Waals surface area (Å²) in [6.07, 6.45) is 13.3. The van der Waals surface area contributed by atoms with Gasteiger partial charge < -0.3 is 70.5 Å². The monoisotopic (exact) mass is 648 g/mol. The van der Waals surface area contributed by atoms with Gasteiger partial charge >= 0.3 is 68.3 Å². The minimum Gasteiger partial charge on any atom is -0.742 e. The number of rotatable bonds is 0. The first-order chi connectivity index (χ1) is 11.6. The number of H-pyrrole nitrogens is 4. The second kappa shape index (κ2) is 23.1. The average Bonchev–Trinajstić information content (AvgIpc) is 3.31. The fourth-order valence-corrected chi connectivity index (χ4v) is 1.52. The largest absolute Gasteiger partial charge is 1.00 e. The van der Waals surface area contributed by atoms with Crippen molar-refractivity contribution in [2.45, 2.75) is 20.6 Å². The Morgan fingerprint density at radius 1 is 0.429 bits per heavy atom. The van der Waals surface area contributed by atoms with E-state index in [1.165, 1.54) is 0 Å². The molecule has 4 heterocycles. The smallest absolute Gasteiger partial charge is 0.742 e. The summed E-state index contributed by atoms with van der Waals surface area (Å²) in [6, 6.07) is 0. The molecule has 0 saturated heterocycles. The van der Waals surface area contributed by atoms with Crippen LogP contribution in [0.5, 0.6) is 0 Å². The van der Waals surface area contributed by atoms with Crippen LogP contribution in [0.1, 0.15) is 0 Å². The van der Waals surface area contributed by atoms with Gasteiger partial charge in [-0.3, -0.25) is 19.9 Å². The van der Waals surface area contributed by atoms with E-state index in [-0.39, 0.29) is 68.3 Å². The van der Waals surface area contributed by atoms with Crippen molar-refractivity contribution in [3.05, 3.63) is 49.6 Å². The Labute approximate surface area is 226 Å². The fourth-order valence-electron chi connectivity index (χ4n) is 1.00. The maximum Gasteiger partial charge on any atom is 1.00 e. The van der Waals surface area contributed by atoms with E-state index in [1.54, 1.807) is 49.6 Å². The molecule has 16 heteroatoms. The van der Waals surface area contributed by atoms with Crippen LogP contribution in [-0.2, 0) is 119 Å². The van der Waals surface area contributed by atoms with Crippen LogP contribution in [-0.4, -0.2) is 39.9 Å². The molecule has 0 aliphatic heterocycles. The van der Waals surface area contributed by atoms with E-state index in [9.17, 15) is 0 Å². The molecule has 8 nitrogen and oxygen atoms in total. The summed E-state index contributed by atoms with van der Waals surface area (Å²) in [5, 5.41) is 2.20. The summed E-state index contributed by atoms with van der Waals surface area (Å²) >= 11 is 18.3. The molecule has 0 aromatic carbocycles. The second-order valence-corrected chi connectivity index (χ2v) is 5.12. The van der Waals surface area contributed by atoms with Crippen molar-refractivity contribution in [1.29, 1.82) is 0 Å². The van der Waals surface area contributed by atoms with E-state index in [1.807, 2.05) is 0 Å². The molecule has 4 aromatic heterocycles. The third-order valence-corrected chi connectivity index (χ3v) is 2.79. The molecule has 0 amide bonds. The number of nitrogens with one attached hydrogen (secondary N) is 4. The van der Waals surface area contributed by atoms with E-state index in [2.05, 4.69) is 90.4 Å². The Bertz CT molecular complexity index is 595. The van der Waals surface area contributed by atoms with Crippen molar-refractivity contribution >= 4 is 50.5 Å². The van der Waals surface area contributed by atoms with Gasteiger partial charge in [0.2, 0.25) is 0 Å². The van der Waals surface area contributed by atoms with Crippen LogP contribution in [0.15, 0.2) is 70.2 Å². The van der Waals surface area contributed by atoms with Gasteiger partial charge in [-0.1, -0.05) is 0 Å². The van der Waals surface area contributed by atoms with Gasteiger partial charge in [0.25, 0.3) is 0 Å². The number of nitrogens with zero attached hydrogens (tertiary/aromatic N) is 4. The predicted octanol–water partition coefficient (Wildman–Crippen LogP) is 1.25. The quantitative estimate of drug-likeness (QED) is 0.166. The van der Waals surface area contributed by atoms with Crippen LogP contribution >= 0.6 is 0 Å². The molecule has 0 spiro atoms. The normalized spacial score (nSPS) is 7.43. The van der Waals surface area contributed by atoms with Crippen molar-refractivity contribution in [3.63, 3.8) is 0 Å². The van der Waals surface area contributed by atoms with E-state index < -0.39 is 0 Å². The van der Waals surface area contributed by atoms with Crippen molar-refractivity contribution in [2.24, 2.45) is 0 Å². The minimum absolute atomic E-state index is 0. The van der Waals surface area contributed by atoms with E-state index in [0.29, 0.717) is 20.6 Å². The number of imidazole rings is 4. The molecule has 0 atom stereocenters. The Morgan fingerprint density at radius 2 is 0.607 bits per heavy atom. The van der Waals surface area contributed by atoms with E-state index in [0.717, 1.165) is 0 Å². The van der Waals surface area contributed by atoms with Crippen LogP contribution in [0.3, 0.4) is 0 Å². The molecule has 4 aromatic rings. The molecule has 0 aliphatic rings. The standard InChI is InChI=1S/4C3H4N2S.4Cu/c4*6-3-4-1-2-5-3;;;;/h4*1-2H,(H2,4,5,6);;;;/q;;;;4*+1/p-4. The molecule has 0 radical (unpaired) electrons. The third kappa shape index (κ3) is 20.5. The zero-order valence-electron chi connectivity index (χ0n) is 13.2. The van der Waals surface area contributed by atoms with Gasteiger partial charge in [-0.2, -0.15) is 0 Å². The summed E-state index contributed by atoms with van der Waals surface area (Å²) in [6.45, 7) is 0. The molecule has 0 bridgehead atoms. The Hall–Kier alpha value is -0.202. The number of hydrogen-bond donors (Lipinski definition) is 4. The number of hydrogen-bond acceptors (Lipinski definition) is 8. The first-order valence-corrected chi connectivity index (χ1v) is 7.86. The van der Waals surface area contributed by atoms with Gasteiger partial charge in [0.1, 0.15) is 0 Å². The zero-order chi connectivity index (χ0) is 17.6. The van der Waals surface area contributed by atoms with Crippen LogP contribution in [0.25, 0.3) is 0 Å². The zero-order valence-corrected chi connectivity index (χ0v) is 20.3. The molecule has 0 unspecified atom stereocenters. The average molecular weight is 651 g/mol. The Balaban J connectivity index is -0.000000131.